The fourth-order valence-electron chi connectivity index (χ4n) is 0.220. The zero-order valence-corrected chi connectivity index (χ0v) is 6.05. The molecule has 0 bridgehead atoms. The van der Waals surface area contributed by atoms with Gasteiger partial charge in [-0.05, 0) is 0 Å². The summed E-state index contributed by atoms with van der Waals surface area (Å²) >= 11 is 0. The van der Waals surface area contributed by atoms with Crippen LogP contribution in [0.2, 0.25) is 0 Å². The molecule has 9 heavy (non-hydrogen) atoms. The first-order valence-corrected chi connectivity index (χ1v) is 2.15. The Bertz CT molecular complexity index is 33.0. The van der Waals surface area contributed by atoms with Crippen molar-refractivity contribution in [1.82, 2.24) is 0 Å². The van der Waals surface area contributed by atoms with Crippen molar-refractivity contribution in [3.8, 4) is 0 Å². The van der Waals surface area contributed by atoms with Gasteiger partial charge in [0.05, 0.1) is 0 Å². The van der Waals surface area contributed by atoms with Crippen LogP contribution in [0, 0.1) is 0 Å². The van der Waals surface area contributed by atoms with Crippen LogP contribution >= 0.6 is 0 Å². The average Bonchev–Trinajstić information content (AvgIpc) is 1.69. The van der Waals surface area contributed by atoms with Crippen LogP contribution in [0.3, 0.4) is 0 Å². The van der Waals surface area contributed by atoms with Crippen molar-refractivity contribution in [3.05, 3.63) is 0 Å². The maximum absolute atomic E-state index is 9.58. The molecule has 44 valence electrons. The first-order chi connectivity index (χ1) is 3.41. The van der Waals surface area contributed by atoms with Crippen LogP contribution < -0.4 is 47.9 Å². The minimum Gasteiger partial charge on any atom is -0.853 e. The van der Waals surface area contributed by atoms with Crippen molar-refractivity contribution in [2.24, 2.45) is 0 Å². The number of ether oxygens (including phenoxy) is 1. The van der Waals surface area contributed by atoms with Gasteiger partial charge in [0, 0.05) is 13.2 Å². The largest absolute Gasteiger partial charge is 1.00 e. The minimum atomic E-state index is -0.250. The summed E-state index contributed by atoms with van der Waals surface area (Å²) in [5.74, 6) is 0. The molecular weight excluding hydrogens is 110 g/mol. The summed E-state index contributed by atoms with van der Waals surface area (Å²) < 4.78 is 4.51. The van der Waals surface area contributed by atoms with E-state index in [1.54, 1.807) is 0 Å². The maximum atomic E-state index is 9.58. The van der Waals surface area contributed by atoms with Gasteiger partial charge >= 0.3 is 37.7 Å². The smallest absolute Gasteiger partial charge is 0.853 e. The minimum absolute atomic E-state index is 0. The van der Waals surface area contributed by atoms with Crippen molar-refractivity contribution < 1.29 is 52.7 Å². The van der Waals surface area contributed by atoms with Gasteiger partial charge in [0.25, 0.3) is 0 Å². The summed E-state index contributed by atoms with van der Waals surface area (Å²) in [4.78, 5) is 0. The molecular formula is C4H8Li2O3. The van der Waals surface area contributed by atoms with Crippen molar-refractivity contribution in [2.75, 3.05) is 26.4 Å². The monoisotopic (exact) mass is 118 g/mol. The molecule has 0 aliphatic carbocycles. The number of rotatable bonds is 4. The molecule has 0 radical (unpaired) electrons. The van der Waals surface area contributed by atoms with Crippen LogP contribution in [-0.2, 0) is 4.74 Å². The summed E-state index contributed by atoms with van der Waals surface area (Å²) in [5.41, 5.74) is 0. The van der Waals surface area contributed by atoms with E-state index in [2.05, 4.69) is 4.74 Å². The molecule has 5 heteroatoms. The van der Waals surface area contributed by atoms with E-state index in [-0.39, 0.29) is 64.1 Å². The van der Waals surface area contributed by atoms with Gasteiger partial charge in [0.2, 0.25) is 0 Å². The molecule has 0 atom stereocenters. The van der Waals surface area contributed by atoms with E-state index in [4.69, 9.17) is 0 Å². The van der Waals surface area contributed by atoms with Crippen molar-refractivity contribution in [1.29, 1.82) is 0 Å². The van der Waals surface area contributed by atoms with Gasteiger partial charge in [0.15, 0.2) is 0 Å². The average molecular weight is 118 g/mol. The van der Waals surface area contributed by atoms with Crippen LogP contribution in [-0.4, -0.2) is 26.4 Å². The first kappa shape index (κ1) is 16.6. The van der Waals surface area contributed by atoms with Crippen molar-refractivity contribution in [2.45, 2.75) is 0 Å². The molecule has 0 heterocycles. The van der Waals surface area contributed by atoms with Gasteiger partial charge in [-0.1, -0.05) is 0 Å². The van der Waals surface area contributed by atoms with E-state index in [1.807, 2.05) is 0 Å². The van der Waals surface area contributed by atoms with Crippen LogP contribution in [0.25, 0.3) is 0 Å². The summed E-state index contributed by atoms with van der Waals surface area (Å²) in [5, 5.41) is 19.2. The van der Waals surface area contributed by atoms with E-state index in [9.17, 15) is 10.2 Å². The Morgan fingerprint density at radius 2 is 1.22 bits per heavy atom. The topological polar surface area (TPSA) is 55.3 Å². The third-order valence-electron chi connectivity index (χ3n) is 0.455. The Kier molecular flexibility index (Phi) is 29.5. The SMILES string of the molecule is [Li+].[Li+].[O-]CCOCC[O-]. The maximum Gasteiger partial charge on any atom is 1.00 e. The Hall–Kier alpha value is 1.07. The molecule has 0 amide bonds. The summed E-state index contributed by atoms with van der Waals surface area (Å²) in [7, 11) is 0. The Morgan fingerprint density at radius 1 is 0.889 bits per heavy atom. The zero-order valence-electron chi connectivity index (χ0n) is 6.05. The zero-order chi connectivity index (χ0) is 5.54. The molecule has 0 aliphatic rings. The fourth-order valence-corrected chi connectivity index (χ4v) is 0.220. The molecule has 0 aromatic heterocycles. The van der Waals surface area contributed by atoms with Crippen LogP contribution in [0.5, 0.6) is 0 Å². The Morgan fingerprint density at radius 3 is 1.44 bits per heavy atom. The Balaban J connectivity index is -0.000000180. The predicted octanol–water partition coefficient (Wildman–Crippen LogP) is -8.27. The third kappa shape index (κ3) is 17.6. The Labute approximate surface area is 79.1 Å². The second kappa shape index (κ2) is 16.0. The molecule has 3 nitrogen and oxygen atoms in total. The van der Waals surface area contributed by atoms with Crippen LogP contribution in [0.1, 0.15) is 0 Å². The normalized spacial score (nSPS) is 7.33. The summed E-state index contributed by atoms with van der Waals surface area (Å²) in [6.45, 7) is -0.162. The molecule has 0 N–H and O–H groups in total. The predicted molar refractivity (Wildman–Crippen MR) is 20.6 cm³/mol. The van der Waals surface area contributed by atoms with Gasteiger partial charge in [-0.2, -0.15) is 0 Å². The molecule has 0 spiro atoms. The van der Waals surface area contributed by atoms with Gasteiger partial charge in [-0.15, -0.1) is 13.2 Å². The molecule has 0 saturated heterocycles. The molecule has 0 unspecified atom stereocenters. The van der Waals surface area contributed by atoms with Crippen molar-refractivity contribution >= 4 is 0 Å². The molecule has 0 aromatic carbocycles. The fraction of sp³-hybridized carbons (Fsp3) is 1.00. The van der Waals surface area contributed by atoms with Crippen LogP contribution in [0.4, 0.5) is 0 Å². The molecule has 0 fully saturated rings. The van der Waals surface area contributed by atoms with Crippen molar-refractivity contribution in [3.63, 3.8) is 0 Å². The number of hydrogen-bond acceptors (Lipinski definition) is 3. The van der Waals surface area contributed by atoms with E-state index >= 15 is 0 Å². The standard InChI is InChI=1S/C4H8O3.2Li/c5-1-3-7-4-2-6;;/h1-4H2;;/q-2;2*+1. The molecule has 0 aromatic rings. The number of hydrogen-bond donors (Lipinski definition) is 0. The molecule has 0 aliphatic heterocycles. The summed E-state index contributed by atoms with van der Waals surface area (Å²) in [6, 6.07) is 0. The second-order valence-electron chi connectivity index (χ2n) is 1.02. The van der Waals surface area contributed by atoms with E-state index in [1.165, 1.54) is 0 Å². The van der Waals surface area contributed by atoms with E-state index in [0.29, 0.717) is 0 Å². The van der Waals surface area contributed by atoms with Crippen LogP contribution in [0.15, 0.2) is 0 Å². The molecule has 0 saturated carbocycles. The van der Waals surface area contributed by atoms with Gasteiger partial charge < -0.3 is 14.9 Å². The third-order valence-corrected chi connectivity index (χ3v) is 0.455. The van der Waals surface area contributed by atoms with Gasteiger partial charge in [-0.3, -0.25) is 0 Å². The van der Waals surface area contributed by atoms with E-state index < -0.39 is 0 Å². The summed E-state index contributed by atoms with van der Waals surface area (Å²) in [6.07, 6.45) is 0. The van der Waals surface area contributed by atoms with E-state index in [0.717, 1.165) is 0 Å². The second-order valence-corrected chi connectivity index (χ2v) is 1.02. The van der Waals surface area contributed by atoms with Gasteiger partial charge in [0.1, 0.15) is 0 Å². The molecule has 0 rings (SSSR count). The first-order valence-electron chi connectivity index (χ1n) is 2.15. The quantitative estimate of drug-likeness (QED) is 0.272. The van der Waals surface area contributed by atoms with Gasteiger partial charge in [-0.25, -0.2) is 0 Å².